The van der Waals surface area contributed by atoms with E-state index in [0.29, 0.717) is 17.7 Å². The molecule has 398 valence electrons. The average molecular weight is 1020 g/mol. The first kappa shape index (κ1) is 57.0. The van der Waals surface area contributed by atoms with Crippen LogP contribution in [0.15, 0.2) is 66.7 Å². The summed E-state index contributed by atoms with van der Waals surface area (Å²) in [6.45, 7) is 10.8. The maximum atomic E-state index is 15.2. The number of rotatable bonds is 9. The van der Waals surface area contributed by atoms with Crippen LogP contribution in [0.5, 0.6) is 5.75 Å². The van der Waals surface area contributed by atoms with Gasteiger partial charge in [-0.15, -0.1) is 0 Å². The number of cyclic esters (lactones) is 1. The first-order chi connectivity index (χ1) is 34.5. The summed E-state index contributed by atoms with van der Waals surface area (Å²) in [5.41, 5.74) is -0.249. The number of hydrogen-bond acceptors (Lipinski definition) is 15. The molecule has 2 aromatic carbocycles. The van der Waals surface area contributed by atoms with Crippen molar-refractivity contribution in [3.63, 3.8) is 0 Å². The normalized spacial score (nSPS) is 29.3. The Morgan fingerprint density at radius 1 is 0.822 bits per heavy atom. The van der Waals surface area contributed by atoms with Gasteiger partial charge in [0, 0.05) is 19.5 Å². The highest BCUT2D eigenvalue weighted by Crippen LogP contribution is 2.35. The molecule has 4 aliphatic rings. The molecular formula is C51H69N7O15. The molecular weight excluding hydrogens is 951 g/mol. The van der Waals surface area contributed by atoms with Crippen LogP contribution >= 0.6 is 0 Å². The number of fused-ring (bicyclic) bond motifs is 9. The number of aliphatic hydroxyl groups excluding tert-OH is 2. The fourth-order valence-corrected chi connectivity index (χ4v) is 8.15. The fourth-order valence-electron chi connectivity index (χ4n) is 8.15. The Hall–Kier alpha value is -6.91. The van der Waals surface area contributed by atoms with Gasteiger partial charge in [-0.1, -0.05) is 83.5 Å². The van der Waals surface area contributed by atoms with Gasteiger partial charge < -0.3 is 66.0 Å². The summed E-state index contributed by atoms with van der Waals surface area (Å²) in [6, 6.07) is 4.69. The van der Waals surface area contributed by atoms with Crippen LogP contribution in [-0.2, 0) is 63.8 Å². The molecule has 13 atom stereocenters. The minimum Gasteiger partial charge on any atom is -0.487 e. The summed E-state index contributed by atoms with van der Waals surface area (Å²) in [7, 11) is 1.32. The summed E-state index contributed by atoms with van der Waals surface area (Å²) in [5.74, 6) is -10.7. The van der Waals surface area contributed by atoms with Crippen LogP contribution in [0.2, 0.25) is 0 Å². The molecule has 7 amide bonds. The van der Waals surface area contributed by atoms with Crippen molar-refractivity contribution in [2.24, 2.45) is 17.8 Å². The van der Waals surface area contributed by atoms with Crippen molar-refractivity contribution in [1.82, 2.24) is 36.8 Å². The molecule has 22 nitrogen and oxygen atoms in total. The van der Waals surface area contributed by atoms with Crippen molar-refractivity contribution in [2.75, 3.05) is 26.8 Å². The molecule has 2 fully saturated rings. The van der Waals surface area contributed by atoms with Crippen LogP contribution in [0.25, 0.3) is 0 Å². The Balaban J connectivity index is 1.72. The number of carbonyl (C=O) groups is 9. The zero-order chi connectivity index (χ0) is 53.9. The monoisotopic (exact) mass is 1020 g/mol. The van der Waals surface area contributed by atoms with E-state index in [9.17, 15) is 48.6 Å². The van der Waals surface area contributed by atoms with E-state index in [1.807, 2.05) is 0 Å². The van der Waals surface area contributed by atoms with Crippen LogP contribution in [0.3, 0.4) is 0 Å². The van der Waals surface area contributed by atoms with Crippen molar-refractivity contribution in [2.45, 2.75) is 134 Å². The third-order valence-electron chi connectivity index (χ3n) is 13.4. The number of benzene rings is 2. The van der Waals surface area contributed by atoms with Crippen LogP contribution in [0, 0.1) is 17.8 Å². The molecule has 4 heterocycles. The summed E-state index contributed by atoms with van der Waals surface area (Å²) in [6.07, 6.45) is -2.39. The largest absolute Gasteiger partial charge is 0.487 e. The average Bonchev–Trinajstić information content (AvgIpc) is 4.17. The predicted octanol–water partition coefficient (Wildman–Crippen LogP) is -0.356. The molecule has 0 aromatic heterocycles. The first-order valence-electron chi connectivity index (χ1n) is 24.4. The van der Waals surface area contributed by atoms with E-state index in [1.54, 1.807) is 65.0 Å². The summed E-state index contributed by atoms with van der Waals surface area (Å²) < 4.78 is 23.0. The van der Waals surface area contributed by atoms with E-state index in [1.165, 1.54) is 58.2 Å². The molecule has 2 saturated heterocycles. The summed E-state index contributed by atoms with van der Waals surface area (Å²) >= 11 is 0. The predicted molar refractivity (Wildman–Crippen MR) is 260 cm³/mol. The van der Waals surface area contributed by atoms with E-state index in [0.717, 1.165) is 11.0 Å². The Kier molecular flexibility index (Phi) is 19.6. The van der Waals surface area contributed by atoms with Gasteiger partial charge in [-0.05, 0) is 61.9 Å². The summed E-state index contributed by atoms with van der Waals surface area (Å²) in [4.78, 5) is 129. The number of nitrogens with one attached hydrogen (secondary N) is 6. The molecule has 0 radical (unpaired) electrons. The first-order valence-corrected chi connectivity index (χ1v) is 24.4. The van der Waals surface area contributed by atoms with Gasteiger partial charge in [0.05, 0.1) is 24.7 Å². The second kappa shape index (κ2) is 25.2. The zero-order valence-corrected chi connectivity index (χ0v) is 42.5. The van der Waals surface area contributed by atoms with Crippen molar-refractivity contribution >= 4 is 53.3 Å². The number of epoxide rings is 1. The highest BCUT2D eigenvalue weighted by atomic mass is 16.6. The third-order valence-corrected chi connectivity index (χ3v) is 13.4. The van der Waals surface area contributed by atoms with E-state index in [2.05, 4.69) is 31.9 Å². The highest BCUT2D eigenvalue weighted by molar-refractivity contribution is 5.98. The molecule has 0 saturated carbocycles. The topological polar surface area (TPSA) is 310 Å². The second-order valence-corrected chi connectivity index (χ2v) is 19.2. The minimum atomic E-state index is -1.94. The second-order valence-electron chi connectivity index (χ2n) is 19.2. The highest BCUT2D eigenvalue weighted by Gasteiger charge is 2.49. The number of likely N-dealkylation sites (N-methyl/N-ethyl adjacent to an activating group) is 1. The van der Waals surface area contributed by atoms with Crippen LogP contribution in [-0.4, -0.2) is 155 Å². The Bertz CT molecular complexity index is 2360. The van der Waals surface area contributed by atoms with Crippen LogP contribution in [0.4, 0.5) is 0 Å². The van der Waals surface area contributed by atoms with Gasteiger partial charge in [-0.3, -0.25) is 38.4 Å². The van der Waals surface area contributed by atoms with Crippen LogP contribution < -0.4 is 36.6 Å². The number of carbonyl (C=O) groups excluding carboxylic acids is 9. The van der Waals surface area contributed by atoms with E-state index >= 15 is 4.79 Å². The molecule has 1 spiro atoms. The van der Waals surface area contributed by atoms with Gasteiger partial charge >= 0.3 is 11.9 Å². The SMILES string of the molecule is CC[C@H](C)[C@H]1NC(=O)[C@@H](NC(=O)[C@H](C)C(O)C(C)C)[C@@H](C)OC(=O)[C@@H]2COC(=O)CNC(=O)/C=C\[C@]3(CO3)[C@@H](C)Oc3ccc(cc3)[C@H](NC1=O)C(=O)N(C)[C@@H](Cc1ccccc1)C(=O)N[C@H]([C@@H](C)O)C(=O)N2. The maximum Gasteiger partial charge on any atom is 0.332 e. The lowest BCUT2D eigenvalue weighted by atomic mass is 9.93. The molecule has 22 heteroatoms. The van der Waals surface area contributed by atoms with Crippen molar-refractivity contribution in [3.8, 4) is 5.75 Å². The number of hydrogen-bond donors (Lipinski definition) is 8. The molecule has 0 aliphatic carbocycles. The smallest absolute Gasteiger partial charge is 0.332 e. The molecule has 4 bridgehead atoms. The number of ether oxygens (including phenoxy) is 4. The van der Waals surface area contributed by atoms with Gasteiger partial charge in [0.25, 0.3) is 0 Å². The van der Waals surface area contributed by atoms with Gasteiger partial charge in [-0.2, -0.15) is 0 Å². The molecule has 8 N–H and O–H groups in total. The minimum absolute atomic E-state index is 0.141. The third kappa shape index (κ3) is 14.8. The van der Waals surface area contributed by atoms with Gasteiger partial charge in [0.1, 0.15) is 66.9 Å². The van der Waals surface area contributed by atoms with Crippen LogP contribution in [0.1, 0.15) is 79.0 Å². The fraction of sp³-hybridized carbons (Fsp3) is 0.549. The lowest BCUT2D eigenvalue weighted by molar-refractivity contribution is -0.160. The van der Waals surface area contributed by atoms with E-state index in [-0.39, 0.29) is 18.6 Å². The number of amides is 7. The Morgan fingerprint density at radius 3 is 2.05 bits per heavy atom. The number of esters is 2. The number of nitrogens with zero attached hydrogens (tertiary/aromatic N) is 1. The van der Waals surface area contributed by atoms with Gasteiger partial charge in [-0.25, -0.2) is 4.79 Å². The summed E-state index contributed by atoms with van der Waals surface area (Å²) in [5, 5.41) is 37.1. The molecule has 1 unspecified atom stereocenters. The quantitative estimate of drug-likeness (QED) is 0.118. The van der Waals surface area contributed by atoms with Gasteiger partial charge in [0.2, 0.25) is 41.4 Å². The maximum absolute atomic E-state index is 15.2. The Morgan fingerprint density at radius 2 is 1.45 bits per heavy atom. The van der Waals surface area contributed by atoms with Crippen molar-refractivity contribution in [1.29, 1.82) is 0 Å². The van der Waals surface area contributed by atoms with Gasteiger partial charge in [0.15, 0.2) is 6.04 Å². The lowest BCUT2D eigenvalue weighted by Gasteiger charge is -2.34. The van der Waals surface area contributed by atoms with Crippen molar-refractivity contribution < 1.29 is 72.3 Å². The standard InChI is InChI=1S/C51H69N7O15/c1-10-27(4)39-46(65)57-42-33-16-18-34(19-17-33)73-31(8)51(25-71-51)21-20-37(60)52-23-38(61)70-24-35(50(69)72-30(7)41(48(67)54-39)56-44(63)28(5)43(62)26(2)3)53-47(66)40(29(6)59)55-45(64)36(58(9)49(42)68)22-32-14-12-11-13-15-32/h11-21,26-31,35-36,39-43,59,62H,10,22-25H2,1-9H3,(H,52,60)(H,53,66)(H,54,67)(H,55,64)(H,56,63)(H,57,65)/b21-20-/t27-,28+,29+,30+,31+,35-,36-,39+,40+,41-,42-,43?,51-/m0/s1. The molecule has 6 rings (SSSR count). The molecule has 2 aromatic rings. The molecule has 4 aliphatic heterocycles. The van der Waals surface area contributed by atoms with E-state index in [4.69, 9.17) is 18.9 Å². The zero-order valence-electron chi connectivity index (χ0n) is 42.5. The molecule has 73 heavy (non-hydrogen) atoms. The van der Waals surface area contributed by atoms with E-state index < -0.39 is 150 Å². The number of aliphatic hydroxyl groups is 2. The lowest BCUT2D eigenvalue weighted by Crippen LogP contribution is -2.61. The van der Waals surface area contributed by atoms with Crippen molar-refractivity contribution in [3.05, 3.63) is 77.9 Å². The Labute approximate surface area is 424 Å².